The molecule has 0 saturated carbocycles. The largest absolute Gasteiger partial charge is 0.376 e. The number of ether oxygens (including phenoxy) is 2. The van der Waals surface area contributed by atoms with E-state index in [2.05, 4.69) is 0 Å². The van der Waals surface area contributed by atoms with Crippen molar-refractivity contribution < 1.29 is 14.3 Å². The molecule has 1 fully saturated rings. The van der Waals surface area contributed by atoms with Crippen LogP contribution in [0.25, 0.3) is 0 Å². The van der Waals surface area contributed by atoms with Crippen LogP contribution in [-0.4, -0.2) is 31.7 Å². The molecule has 3 nitrogen and oxygen atoms in total. The Labute approximate surface area is 92.1 Å². The Morgan fingerprint density at radius 1 is 1.53 bits per heavy atom. The number of carbonyl (C=O) groups excluding carboxylic acids is 1. The molecule has 0 spiro atoms. The molecule has 0 amide bonds. The highest BCUT2D eigenvalue weighted by molar-refractivity contribution is 5.81. The summed E-state index contributed by atoms with van der Waals surface area (Å²) >= 11 is 0. The van der Waals surface area contributed by atoms with E-state index < -0.39 is 0 Å². The maximum Gasteiger partial charge on any atom is 0.161 e. The molecule has 1 heterocycles. The maximum absolute atomic E-state index is 11.4. The van der Waals surface area contributed by atoms with Crippen LogP contribution in [0.15, 0.2) is 0 Å². The number of Topliss-reactive ketones (excluding diaryl/α,β-unsaturated/α-hetero) is 1. The van der Waals surface area contributed by atoms with Crippen molar-refractivity contribution in [3.05, 3.63) is 0 Å². The summed E-state index contributed by atoms with van der Waals surface area (Å²) in [5.74, 6) is 0.325. The van der Waals surface area contributed by atoms with Gasteiger partial charge in [0.1, 0.15) is 6.61 Å². The van der Waals surface area contributed by atoms with Gasteiger partial charge in [-0.1, -0.05) is 13.8 Å². The summed E-state index contributed by atoms with van der Waals surface area (Å²) in [6.45, 7) is 5.62. The van der Waals surface area contributed by atoms with E-state index in [0.717, 1.165) is 25.9 Å². The van der Waals surface area contributed by atoms with Crippen LogP contribution in [0, 0.1) is 5.92 Å². The van der Waals surface area contributed by atoms with E-state index in [4.69, 9.17) is 9.47 Å². The fourth-order valence-electron chi connectivity index (χ4n) is 1.60. The Morgan fingerprint density at radius 2 is 2.33 bits per heavy atom. The average molecular weight is 214 g/mol. The zero-order valence-electron chi connectivity index (χ0n) is 9.83. The molecule has 0 aromatic carbocycles. The molecule has 1 rings (SSSR count). The zero-order valence-corrected chi connectivity index (χ0v) is 9.83. The molecule has 0 bridgehead atoms. The molecule has 15 heavy (non-hydrogen) atoms. The number of hydrogen-bond donors (Lipinski definition) is 0. The highest BCUT2D eigenvalue weighted by Gasteiger charge is 2.15. The molecule has 88 valence electrons. The van der Waals surface area contributed by atoms with Gasteiger partial charge in [-0.05, 0) is 25.7 Å². The van der Waals surface area contributed by atoms with E-state index in [1.807, 2.05) is 13.8 Å². The molecule has 0 N–H and O–H groups in total. The lowest BCUT2D eigenvalue weighted by Gasteiger charge is -2.22. The third-order valence-electron chi connectivity index (χ3n) is 2.98. The SMILES string of the molecule is CCC(C)C(=O)COCC1CCCCO1. The zero-order chi connectivity index (χ0) is 11.1. The van der Waals surface area contributed by atoms with Crippen LogP contribution in [0.1, 0.15) is 39.5 Å². The molecule has 0 aliphatic carbocycles. The topological polar surface area (TPSA) is 35.5 Å². The summed E-state index contributed by atoms with van der Waals surface area (Å²) in [5.41, 5.74) is 0. The second-order valence-corrected chi connectivity index (χ2v) is 4.28. The summed E-state index contributed by atoms with van der Waals surface area (Å²) in [5, 5.41) is 0. The van der Waals surface area contributed by atoms with Gasteiger partial charge in [-0.25, -0.2) is 0 Å². The molecule has 2 unspecified atom stereocenters. The third kappa shape index (κ3) is 4.76. The van der Waals surface area contributed by atoms with E-state index in [0.29, 0.717) is 6.61 Å². The molecule has 2 atom stereocenters. The first-order chi connectivity index (χ1) is 7.24. The molecule has 0 aromatic heterocycles. The standard InChI is InChI=1S/C12H22O3/c1-3-10(2)12(13)9-14-8-11-6-4-5-7-15-11/h10-11H,3-9H2,1-2H3. The summed E-state index contributed by atoms with van der Waals surface area (Å²) in [6.07, 6.45) is 4.54. The molecular formula is C12H22O3. The van der Waals surface area contributed by atoms with Crippen molar-refractivity contribution in [3.8, 4) is 0 Å². The molecule has 3 heteroatoms. The molecule has 1 aliphatic heterocycles. The van der Waals surface area contributed by atoms with Gasteiger partial charge in [0.05, 0.1) is 12.7 Å². The third-order valence-corrected chi connectivity index (χ3v) is 2.98. The van der Waals surface area contributed by atoms with Gasteiger partial charge in [0.25, 0.3) is 0 Å². The second kappa shape index (κ2) is 6.96. The van der Waals surface area contributed by atoms with E-state index in [-0.39, 0.29) is 24.4 Å². The lowest BCUT2D eigenvalue weighted by molar-refractivity contribution is -0.129. The number of hydrogen-bond acceptors (Lipinski definition) is 3. The monoisotopic (exact) mass is 214 g/mol. The predicted molar refractivity (Wildman–Crippen MR) is 58.9 cm³/mol. The predicted octanol–water partition coefficient (Wildman–Crippen LogP) is 2.19. The first kappa shape index (κ1) is 12.7. The lowest BCUT2D eigenvalue weighted by Crippen LogP contribution is -2.26. The van der Waals surface area contributed by atoms with Crippen molar-refractivity contribution in [1.29, 1.82) is 0 Å². The number of carbonyl (C=O) groups is 1. The van der Waals surface area contributed by atoms with Crippen molar-refractivity contribution in [2.75, 3.05) is 19.8 Å². The highest BCUT2D eigenvalue weighted by Crippen LogP contribution is 2.13. The fourth-order valence-corrected chi connectivity index (χ4v) is 1.60. The van der Waals surface area contributed by atoms with Gasteiger partial charge >= 0.3 is 0 Å². The molecule has 1 saturated heterocycles. The van der Waals surface area contributed by atoms with Crippen LogP contribution >= 0.6 is 0 Å². The first-order valence-electron chi connectivity index (χ1n) is 5.96. The van der Waals surface area contributed by atoms with Crippen LogP contribution in [-0.2, 0) is 14.3 Å². The van der Waals surface area contributed by atoms with E-state index in [1.165, 1.54) is 6.42 Å². The number of rotatable bonds is 6. The van der Waals surface area contributed by atoms with E-state index in [1.54, 1.807) is 0 Å². The van der Waals surface area contributed by atoms with Crippen molar-refractivity contribution in [1.82, 2.24) is 0 Å². The summed E-state index contributed by atoms with van der Waals surface area (Å²) in [7, 11) is 0. The average Bonchev–Trinajstić information content (AvgIpc) is 2.29. The van der Waals surface area contributed by atoms with Gasteiger partial charge in [-0.3, -0.25) is 4.79 Å². The normalized spacial score (nSPS) is 23.7. The first-order valence-corrected chi connectivity index (χ1v) is 5.96. The summed E-state index contributed by atoms with van der Waals surface area (Å²) in [4.78, 5) is 11.4. The van der Waals surface area contributed by atoms with Crippen molar-refractivity contribution in [3.63, 3.8) is 0 Å². The summed E-state index contributed by atoms with van der Waals surface area (Å²) < 4.78 is 10.9. The Kier molecular flexibility index (Phi) is 5.88. The van der Waals surface area contributed by atoms with Gasteiger partial charge in [0.2, 0.25) is 0 Å². The Hall–Kier alpha value is -0.410. The van der Waals surface area contributed by atoms with E-state index in [9.17, 15) is 4.79 Å². The molecule has 0 radical (unpaired) electrons. The summed E-state index contributed by atoms with van der Waals surface area (Å²) in [6, 6.07) is 0. The second-order valence-electron chi connectivity index (χ2n) is 4.28. The van der Waals surface area contributed by atoms with Crippen LogP contribution in [0.5, 0.6) is 0 Å². The Bertz CT molecular complexity index is 185. The van der Waals surface area contributed by atoms with Gasteiger partial charge in [-0.15, -0.1) is 0 Å². The van der Waals surface area contributed by atoms with E-state index >= 15 is 0 Å². The maximum atomic E-state index is 11.4. The van der Waals surface area contributed by atoms with Gasteiger partial charge in [-0.2, -0.15) is 0 Å². The van der Waals surface area contributed by atoms with Crippen LogP contribution < -0.4 is 0 Å². The number of ketones is 1. The molecule has 1 aliphatic rings. The van der Waals surface area contributed by atoms with Crippen molar-refractivity contribution in [2.24, 2.45) is 5.92 Å². The van der Waals surface area contributed by atoms with Crippen molar-refractivity contribution in [2.45, 2.75) is 45.6 Å². The van der Waals surface area contributed by atoms with Crippen LogP contribution in [0.4, 0.5) is 0 Å². The Morgan fingerprint density at radius 3 is 2.93 bits per heavy atom. The minimum atomic E-state index is 0.122. The lowest BCUT2D eigenvalue weighted by atomic mass is 10.0. The van der Waals surface area contributed by atoms with Gasteiger partial charge < -0.3 is 9.47 Å². The molecule has 0 aromatic rings. The smallest absolute Gasteiger partial charge is 0.161 e. The quantitative estimate of drug-likeness (QED) is 0.680. The minimum Gasteiger partial charge on any atom is -0.376 e. The minimum absolute atomic E-state index is 0.122. The highest BCUT2D eigenvalue weighted by atomic mass is 16.5. The Balaban J connectivity index is 2.07. The van der Waals surface area contributed by atoms with Gasteiger partial charge in [0.15, 0.2) is 5.78 Å². The van der Waals surface area contributed by atoms with Crippen LogP contribution in [0.2, 0.25) is 0 Å². The molecular weight excluding hydrogens is 192 g/mol. The van der Waals surface area contributed by atoms with Crippen LogP contribution in [0.3, 0.4) is 0 Å². The van der Waals surface area contributed by atoms with Crippen molar-refractivity contribution >= 4 is 5.78 Å². The van der Waals surface area contributed by atoms with Gasteiger partial charge in [0, 0.05) is 12.5 Å². The fraction of sp³-hybridized carbons (Fsp3) is 0.917.